The zero-order chi connectivity index (χ0) is 16.1. The molecule has 0 spiro atoms. The molecule has 120 valence electrons. The Morgan fingerprint density at radius 2 is 2.27 bits per heavy atom. The zero-order valence-electron chi connectivity index (χ0n) is 13.6. The van der Waals surface area contributed by atoms with Crippen LogP contribution < -0.4 is 16.4 Å². The molecule has 0 amide bonds. The maximum atomic E-state index is 7.52. The van der Waals surface area contributed by atoms with Crippen LogP contribution in [-0.2, 0) is 0 Å². The van der Waals surface area contributed by atoms with Gasteiger partial charge >= 0.3 is 0 Å². The molecule has 0 saturated heterocycles. The van der Waals surface area contributed by atoms with Gasteiger partial charge in [0.15, 0.2) is 0 Å². The lowest BCUT2D eigenvalue weighted by molar-refractivity contribution is 0.348. The van der Waals surface area contributed by atoms with Crippen LogP contribution in [0.15, 0.2) is 39.7 Å². The zero-order valence-corrected chi connectivity index (χ0v) is 13.6. The highest BCUT2D eigenvalue weighted by atomic mass is 15.1. The average Bonchev–Trinajstić information content (AvgIpc) is 2.54. The summed E-state index contributed by atoms with van der Waals surface area (Å²) in [5.41, 5.74) is 10.2. The summed E-state index contributed by atoms with van der Waals surface area (Å²) in [5.74, 6) is 0.561. The van der Waals surface area contributed by atoms with Crippen LogP contribution in [0.25, 0.3) is 0 Å². The quantitative estimate of drug-likeness (QED) is 0.442. The number of allylic oxidation sites excluding steroid dienone is 1. The van der Waals surface area contributed by atoms with Gasteiger partial charge in [-0.1, -0.05) is 6.08 Å². The van der Waals surface area contributed by atoms with Gasteiger partial charge in [0.25, 0.3) is 0 Å². The number of amidine groups is 1. The Bertz CT molecular complexity index is 555. The highest BCUT2D eigenvalue weighted by molar-refractivity contribution is 5.99. The van der Waals surface area contributed by atoms with Gasteiger partial charge in [0.1, 0.15) is 5.84 Å². The molecule has 0 saturated carbocycles. The van der Waals surface area contributed by atoms with Crippen LogP contribution in [-0.4, -0.2) is 57.2 Å². The van der Waals surface area contributed by atoms with Crippen molar-refractivity contribution in [2.24, 2.45) is 10.7 Å². The summed E-state index contributed by atoms with van der Waals surface area (Å²) in [6.45, 7) is 1.83. The Balaban J connectivity index is 2.25. The molecule has 22 heavy (non-hydrogen) atoms. The van der Waals surface area contributed by atoms with E-state index in [9.17, 15) is 0 Å². The first kappa shape index (κ1) is 16.5. The number of rotatable bonds is 5. The number of nitrogens with zero attached hydrogens (tertiary/aromatic N) is 2. The van der Waals surface area contributed by atoms with Gasteiger partial charge in [-0.15, -0.1) is 0 Å². The van der Waals surface area contributed by atoms with E-state index in [1.54, 1.807) is 0 Å². The minimum Gasteiger partial charge on any atom is -0.391 e. The third-order valence-corrected chi connectivity index (χ3v) is 4.19. The van der Waals surface area contributed by atoms with Gasteiger partial charge in [0.2, 0.25) is 0 Å². The molecule has 1 aliphatic carbocycles. The first-order chi connectivity index (χ1) is 10.6. The monoisotopic (exact) mass is 302 g/mol. The lowest BCUT2D eigenvalue weighted by atomic mass is 9.98. The number of nitrogens with two attached hydrogens (primary N) is 1. The van der Waals surface area contributed by atoms with Crippen molar-refractivity contribution in [1.82, 2.24) is 15.5 Å². The second kappa shape index (κ2) is 7.38. The number of nitrogens with one attached hydrogen (secondary N) is 3. The minimum absolute atomic E-state index is 0.186. The van der Waals surface area contributed by atoms with Crippen LogP contribution in [0.1, 0.15) is 12.8 Å². The molecule has 0 fully saturated rings. The molecule has 1 unspecified atom stereocenters. The van der Waals surface area contributed by atoms with Crippen molar-refractivity contribution < 1.29 is 0 Å². The lowest BCUT2D eigenvalue weighted by Gasteiger charge is -2.27. The molecule has 0 aromatic carbocycles. The largest absolute Gasteiger partial charge is 0.391 e. The van der Waals surface area contributed by atoms with Gasteiger partial charge in [-0.3, -0.25) is 0 Å². The predicted octanol–water partition coefficient (Wildman–Crippen LogP) is 0.604. The van der Waals surface area contributed by atoms with E-state index < -0.39 is 0 Å². The lowest BCUT2D eigenvalue weighted by Crippen LogP contribution is -2.36. The smallest absolute Gasteiger partial charge is 0.130 e. The Morgan fingerprint density at radius 3 is 2.91 bits per heavy atom. The molecule has 1 aliphatic heterocycles. The molecular weight excluding hydrogens is 276 g/mol. The van der Waals surface area contributed by atoms with E-state index in [2.05, 4.69) is 33.6 Å². The molecule has 6 heteroatoms. The SMILES string of the molecule is CNC1=C(C(N)=NC2=CCC(NC)C(C=N)=C2)CN(C)CC1. The fourth-order valence-corrected chi connectivity index (χ4v) is 2.83. The molecule has 1 atom stereocenters. The fourth-order valence-electron chi connectivity index (χ4n) is 2.83. The normalized spacial score (nSPS) is 24.0. The van der Waals surface area contributed by atoms with Crippen LogP contribution in [0, 0.1) is 5.41 Å². The van der Waals surface area contributed by atoms with Crippen LogP contribution in [0.2, 0.25) is 0 Å². The number of likely N-dealkylation sites (N-methyl/N-ethyl adjacent to an activating group) is 2. The van der Waals surface area contributed by atoms with Crippen LogP contribution in [0.3, 0.4) is 0 Å². The minimum atomic E-state index is 0.186. The van der Waals surface area contributed by atoms with E-state index in [4.69, 9.17) is 11.1 Å². The first-order valence-corrected chi connectivity index (χ1v) is 7.61. The van der Waals surface area contributed by atoms with Crippen molar-refractivity contribution >= 4 is 12.1 Å². The van der Waals surface area contributed by atoms with Crippen molar-refractivity contribution in [3.63, 3.8) is 0 Å². The van der Waals surface area contributed by atoms with Crippen molar-refractivity contribution in [2.75, 3.05) is 34.2 Å². The van der Waals surface area contributed by atoms with E-state index in [1.165, 1.54) is 11.9 Å². The number of hydrogen-bond donors (Lipinski definition) is 4. The van der Waals surface area contributed by atoms with Crippen molar-refractivity contribution in [3.05, 3.63) is 34.7 Å². The van der Waals surface area contributed by atoms with E-state index in [-0.39, 0.29) is 6.04 Å². The summed E-state index contributed by atoms with van der Waals surface area (Å²) in [6.07, 6.45) is 7.15. The summed E-state index contributed by atoms with van der Waals surface area (Å²) in [6, 6.07) is 0.186. The van der Waals surface area contributed by atoms with Gasteiger partial charge in [-0.2, -0.15) is 0 Å². The molecule has 0 radical (unpaired) electrons. The third kappa shape index (κ3) is 3.64. The van der Waals surface area contributed by atoms with Gasteiger partial charge < -0.3 is 26.7 Å². The topological polar surface area (TPSA) is 89.5 Å². The van der Waals surface area contributed by atoms with Gasteiger partial charge in [0.05, 0.1) is 5.70 Å². The van der Waals surface area contributed by atoms with Crippen LogP contribution >= 0.6 is 0 Å². The summed E-state index contributed by atoms with van der Waals surface area (Å²) >= 11 is 0. The fraction of sp³-hybridized carbons (Fsp3) is 0.500. The molecule has 5 N–H and O–H groups in total. The van der Waals surface area contributed by atoms with Gasteiger partial charge in [-0.25, -0.2) is 4.99 Å². The molecule has 1 heterocycles. The maximum Gasteiger partial charge on any atom is 0.130 e. The Hall–Kier alpha value is -1.92. The third-order valence-electron chi connectivity index (χ3n) is 4.19. The van der Waals surface area contributed by atoms with E-state index in [1.807, 2.05) is 20.2 Å². The molecule has 0 aromatic rings. The van der Waals surface area contributed by atoms with Crippen molar-refractivity contribution in [2.45, 2.75) is 18.9 Å². The second-order valence-corrected chi connectivity index (χ2v) is 5.69. The van der Waals surface area contributed by atoms with Gasteiger partial charge in [0, 0.05) is 50.1 Å². The summed E-state index contributed by atoms with van der Waals surface area (Å²) in [7, 11) is 5.92. The highest BCUT2D eigenvalue weighted by Gasteiger charge is 2.19. The standard InChI is InChI=1S/C16H26N6/c1-19-14-5-4-12(8-11(14)9-17)21-16(18)13-10-22(3)7-6-15(13)20-2/h4,8-9,14,17,19-20H,5-7,10H2,1-3H3,(H2,18,21). The number of hydrogen-bond acceptors (Lipinski definition) is 5. The van der Waals surface area contributed by atoms with E-state index in [0.29, 0.717) is 5.84 Å². The van der Waals surface area contributed by atoms with E-state index in [0.717, 1.165) is 42.8 Å². The van der Waals surface area contributed by atoms with Crippen molar-refractivity contribution in [3.8, 4) is 0 Å². The Kier molecular flexibility index (Phi) is 5.51. The second-order valence-electron chi connectivity index (χ2n) is 5.69. The number of aliphatic imine (C=N–C) groups is 1. The Morgan fingerprint density at radius 1 is 1.50 bits per heavy atom. The van der Waals surface area contributed by atoms with Crippen molar-refractivity contribution in [1.29, 1.82) is 5.41 Å². The molecule has 0 aromatic heterocycles. The Labute approximate surface area is 132 Å². The van der Waals surface area contributed by atoms with Crippen LogP contribution in [0.5, 0.6) is 0 Å². The predicted molar refractivity (Wildman–Crippen MR) is 92.2 cm³/mol. The molecule has 0 bridgehead atoms. The summed E-state index contributed by atoms with van der Waals surface area (Å²) < 4.78 is 0. The molecule has 2 rings (SSSR count). The average molecular weight is 302 g/mol. The summed E-state index contributed by atoms with van der Waals surface area (Å²) in [5, 5.41) is 14.0. The molecular formula is C16H26N6. The summed E-state index contributed by atoms with van der Waals surface area (Å²) in [4.78, 5) is 6.82. The first-order valence-electron chi connectivity index (χ1n) is 7.61. The van der Waals surface area contributed by atoms with Crippen LogP contribution in [0.4, 0.5) is 0 Å². The van der Waals surface area contributed by atoms with E-state index >= 15 is 0 Å². The maximum absolute atomic E-state index is 7.52. The van der Waals surface area contributed by atoms with Gasteiger partial charge in [-0.05, 0) is 32.2 Å². The molecule has 2 aliphatic rings. The highest BCUT2D eigenvalue weighted by Crippen LogP contribution is 2.20. The molecule has 6 nitrogen and oxygen atoms in total.